The predicted molar refractivity (Wildman–Crippen MR) is 101 cm³/mol. The summed E-state index contributed by atoms with van der Waals surface area (Å²) < 4.78 is 5.49. The van der Waals surface area contributed by atoms with Gasteiger partial charge in [-0.3, -0.25) is 15.5 Å². The molecule has 1 fully saturated rings. The summed E-state index contributed by atoms with van der Waals surface area (Å²) in [6, 6.07) is 16.8. The van der Waals surface area contributed by atoms with Crippen molar-refractivity contribution in [3.63, 3.8) is 0 Å². The van der Waals surface area contributed by atoms with Crippen molar-refractivity contribution >= 4 is 17.1 Å². The van der Waals surface area contributed by atoms with Gasteiger partial charge in [0.15, 0.2) is 6.04 Å². The van der Waals surface area contributed by atoms with Crippen LogP contribution in [0.1, 0.15) is 18.5 Å². The number of quaternary nitrogens is 1. The lowest BCUT2D eigenvalue weighted by atomic mass is 10.0. The highest BCUT2D eigenvalue weighted by Crippen LogP contribution is 2.18. The maximum absolute atomic E-state index is 10.9. The molecule has 7 heteroatoms. The van der Waals surface area contributed by atoms with Crippen LogP contribution in [0.4, 0.5) is 11.4 Å². The lowest BCUT2D eigenvalue weighted by Crippen LogP contribution is -3.15. The molecule has 0 bridgehead atoms. The minimum Gasteiger partial charge on any atom is -0.370 e. The van der Waals surface area contributed by atoms with E-state index in [2.05, 4.69) is 22.7 Å². The van der Waals surface area contributed by atoms with Crippen molar-refractivity contribution in [3.8, 4) is 0 Å². The van der Waals surface area contributed by atoms with Gasteiger partial charge in [0.1, 0.15) is 13.1 Å². The van der Waals surface area contributed by atoms with Crippen LogP contribution in [0.5, 0.6) is 0 Å². The molecule has 1 atom stereocenters. The highest BCUT2D eigenvalue weighted by molar-refractivity contribution is 5.87. The van der Waals surface area contributed by atoms with Crippen molar-refractivity contribution < 1.29 is 14.6 Å². The van der Waals surface area contributed by atoms with Crippen LogP contribution in [-0.4, -0.2) is 36.9 Å². The van der Waals surface area contributed by atoms with E-state index in [1.165, 1.54) is 22.6 Å². The molecule has 0 spiro atoms. The van der Waals surface area contributed by atoms with E-state index in [9.17, 15) is 10.1 Å². The number of nitrogens with one attached hydrogen (secondary N) is 2. The molecule has 0 radical (unpaired) electrons. The molecule has 3 rings (SSSR count). The molecule has 7 nitrogen and oxygen atoms in total. The first-order chi connectivity index (χ1) is 12.6. The first-order valence-corrected chi connectivity index (χ1v) is 8.67. The van der Waals surface area contributed by atoms with Crippen LogP contribution in [0.25, 0.3) is 0 Å². The van der Waals surface area contributed by atoms with Crippen LogP contribution < -0.4 is 10.3 Å². The Kier molecular flexibility index (Phi) is 5.93. The zero-order valence-electron chi connectivity index (χ0n) is 14.7. The van der Waals surface area contributed by atoms with Gasteiger partial charge in [0.2, 0.25) is 0 Å². The van der Waals surface area contributed by atoms with Crippen LogP contribution >= 0.6 is 0 Å². The molecule has 1 aliphatic rings. The van der Waals surface area contributed by atoms with Gasteiger partial charge < -0.3 is 9.64 Å². The summed E-state index contributed by atoms with van der Waals surface area (Å²) in [5.41, 5.74) is 5.74. The van der Waals surface area contributed by atoms with E-state index >= 15 is 0 Å². The Bertz CT molecular complexity index is 773. The van der Waals surface area contributed by atoms with Crippen molar-refractivity contribution in [3.05, 3.63) is 70.3 Å². The predicted octanol–water partition coefficient (Wildman–Crippen LogP) is 2.04. The monoisotopic (exact) mass is 355 g/mol. The van der Waals surface area contributed by atoms with Crippen LogP contribution in [-0.2, 0) is 4.74 Å². The van der Waals surface area contributed by atoms with Gasteiger partial charge in [-0.2, -0.15) is 5.10 Å². The normalized spacial score (nSPS) is 16.9. The minimum absolute atomic E-state index is 0.0428. The second kappa shape index (κ2) is 8.55. The first kappa shape index (κ1) is 18.0. The summed E-state index contributed by atoms with van der Waals surface area (Å²) in [7, 11) is 0. The smallest absolute Gasteiger partial charge is 0.271 e. The lowest BCUT2D eigenvalue weighted by molar-refractivity contribution is -0.928. The standard InChI is InChI=1S/C19H22N4O3/c1-15(20-21-17-8-5-9-18(14-17)23(24)25)19(16-6-3-2-4-7-16)22-10-12-26-13-11-22/h2-9,14,19,21H,10-13H2,1H3/p+1/b20-15-/t19-/m1/s1. The molecule has 0 amide bonds. The third-order valence-corrected chi connectivity index (χ3v) is 4.51. The van der Waals surface area contributed by atoms with E-state index in [4.69, 9.17) is 4.74 Å². The number of non-ortho nitro benzene ring substituents is 1. The molecule has 2 N–H and O–H groups in total. The van der Waals surface area contributed by atoms with E-state index in [1.54, 1.807) is 12.1 Å². The van der Waals surface area contributed by atoms with E-state index in [1.807, 2.05) is 25.1 Å². The van der Waals surface area contributed by atoms with Gasteiger partial charge in [-0.25, -0.2) is 0 Å². The summed E-state index contributed by atoms with van der Waals surface area (Å²) in [5.74, 6) is 0. The van der Waals surface area contributed by atoms with Crippen molar-refractivity contribution in [2.45, 2.75) is 13.0 Å². The fourth-order valence-corrected chi connectivity index (χ4v) is 3.25. The van der Waals surface area contributed by atoms with Gasteiger partial charge in [-0.15, -0.1) is 0 Å². The SMILES string of the molecule is C/C(=N/Nc1cccc([N+](=O)[O-])c1)[C@H](c1ccccc1)[NH+]1CCOCC1. The summed E-state index contributed by atoms with van der Waals surface area (Å²) >= 11 is 0. The topological polar surface area (TPSA) is 81.2 Å². The maximum atomic E-state index is 10.9. The molecule has 0 aliphatic carbocycles. The molecular formula is C19H23N4O3+. The number of rotatable bonds is 6. The van der Waals surface area contributed by atoms with Crippen LogP contribution in [0, 0.1) is 10.1 Å². The van der Waals surface area contributed by atoms with Gasteiger partial charge in [0.05, 0.1) is 29.5 Å². The van der Waals surface area contributed by atoms with Gasteiger partial charge >= 0.3 is 0 Å². The molecule has 0 unspecified atom stereocenters. The third kappa shape index (κ3) is 4.44. The van der Waals surface area contributed by atoms with Crippen LogP contribution in [0.15, 0.2) is 59.7 Å². The Hall–Kier alpha value is -2.77. The van der Waals surface area contributed by atoms with Crippen molar-refractivity contribution in [1.82, 2.24) is 0 Å². The van der Waals surface area contributed by atoms with Crippen molar-refractivity contribution in [2.75, 3.05) is 31.7 Å². The molecule has 1 saturated heterocycles. The van der Waals surface area contributed by atoms with E-state index in [-0.39, 0.29) is 11.7 Å². The van der Waals surface area contributed by atoms with Crippen molar-refractivity contribution in [1.29, 1.82) is 0 Å². The Morgan fingerprint density at radius 1 is 1.19 bits per heavy atom. The number of hydrogen-bond donors (Lipinski definition) is 2. The molecule has 26 heavy (non-hydrogen) atoms. The number of nitrogens with zero attached hydrogens (tertiary/aromatic N) is 2. The molecule has 0 aromatic heterocycles. The number of nitro groups is 1. The zero-order valence-corrected chi connectivity index (χ0v) is 14.7. The molecule has 2 aromatic rings. The van der Waals surface area contributed by atoms with E-state index < -0.39 is 4.92 Å². The Morgan fingerprint density at radius 2 is 1.92 bits per heavy atom. The van der Waals surface area contributed by atoms with Gasteiger partial charge in [-0.1, -0.05) is 36.4 Å². The number of ether oxygens (including phenoxy) is 1. The number of nitro benzene ring substituents is 1. The van der Waals surface area contributed by atoms with Crippen LogP contribution in [0.3, 0.4) is 0 Å². The second-order valence-electron chi connectivity index (χ2n) is 6.29. The van der Waals surface area contributed by atoms with Gasteiger partial charge in [-0.05, 0) is 13.0 Å². The first-order valence-electron chi connectivity index (χ1n) is 8.67. The lowest BCUT2D eigenvalue weighted by Gasteiger charge is -2.31. The highest BCUT2D eigenvalue weighted by Gasteiger charge is 2.28. The maximum Gasteiger partial charge on any atom is 0.271 e. The summed E-state index contributed by atoms with van der Waals surface area (Å²) in [6.45, 7) is 5.31. The largest absolute Gasteiger partial charge is 0.370 e. The minimum atomic E-state index is -0.410. The quantitative estimate of drug-likeness (QED) is 0.472. The third-order valence-electron chi connectivity index (χ3n) is 4.51. The molecule has 1 heterocycles. The molecule has 0 saturated carbocycles. The fourth-order valence-electron chi connectivity index (χ4n) is 3.25. The zero-order chi connectivity index (χ0) is 18.4. The highest BCUT2D eigenvalue weighted by atomic mass is 16.6. The fraction of sp³-hybridized carbons (Fsp3) is 0.316. The summed E-state index contributed by atoms with van der Waals surface area (Å²) in [6.07, 6.45) is 0. The van der Waals surface area contributed by atoms with Crippen LogP contribution in [0.2, 0.25) is 0 Å². The number of benzene rings is 2. The number of morpholine rings is 1. The average Bonchev–Trinajstić information content (AvgIpc) is 2.68. The molecule has 1 aliphatic heterocycles. The van der Waals surface area contributed by atoms with Crippen molar-refractivity contribution in [2.24, 2.45) is 5.10 Å². The van der Waals surface area contributed by atoms with E-state index in [0.29, 0.717) is 5.69 Å². The Morgan fingerprint density at radius 3 is 2.62 bits per heavy atom. The average molecular weight is 355 g/mol. The summed E-state index contributed by atoms with van der Waals surface area (Å²) in [5, 5.41) is 15.4. The molecule has 2 aromatic carbocycles. The Labute approximate surface area is 152 Å². The van der Waals surface area contributed by atoms with Gasteiger partial charge in [0.25, 0.3) is 5.69 Å². The molecular weight excluding hydrogens is 332 g/mol. The molecule has 136 valence electrons. The number of hydrogen-bond acceptors (Lipinski definition) is 5. The Balaban J connectivity index is 1.82. The second-order valence-corrected chi connectivity index (χ2v) is 6.29. The number of anilines is 1. The van der Waals surface area contributed by atoms with Gasteiger partial charge in [0, 0.05) is 17.7 Å². The van der Waals surface area contributed by atoms with E-state index in [0.717, 1.165) is 32.0 Å². The summed E-state index contributed by atoms with van der Waals surface area (Å²) in [4.78, 5) is 11.9. The number of hydrazone groups is 1.